The molecule has 10 heteroatoms. The number of fused-ring (bicyclic) bond motifs is 2. The first-order valence-electron chi connectivity index (χ1n) is 10.1. The van der Waals surface area contributed by atoms with Gasteiger partial charge >= 0.3 is 0 Å². The molecular weight excluding hydrogens is 416 g/mol. The maximum absolute atomic E-state index is 12.8. The Balaban J connectivity index is 1.58. The van der Waals surface area contributed by atoms with Crippen molar-refractivity contribution >= 4 is 22.6 Å². The number of carbonyl (C=O) groups is 2. The Hall–Kier alpha value is -4.08. The third-order valence-corrected chi connectivity index (χ3v) is 4.90. The molecule has 0 bridgehead atoms. The van der Waals surface area contributed by atoms with Crippen molar-refractivity contribution in [2.75, 3.05) is 20.3 Å². The molecule has 4 rings (SSSR count). The highest BCUT2D eigenvalue weighted by molar-refractivity contribution is 6.06. The number of hydrogen-bond acceptors (Lipinski definition) is 7. The highest BCUT2D eigenvalue weighted by Gasteiger charge is 2.22. The van der Waals surface area contributed by atoms with Crippen LogP contribution in [0.2, 0.25) is 0 Å². The molecule has 0 aliphatic carbocycles. The van der Waals surface area contributed by atoms with Crippen molar-refractivity contribution < 1.29 is 23.8 Å². The van der Waals surface area contributed by atoms with E-state index in [0.717, 1.165) is 0 Å². The average Bonchev–Trinajstić information content (AvgIpc) is 2.83. The number of aryl methyl sites for hydroxylation is 1. The van der Waals surface area contributed by atoms with Crippen molar-refractivity contribution in [1.82, 2.24) is 20.6 Å². The SMILES string of the molecule is CCCn1nc(C(=O)NNC(=O)c2cc(OC)c3c(c2)OCCO3)c2ccccc2c1=O. The fourth-order valence-corrected chi connectivity index (χ4v) is 3.42. The van der Waals surface area contributed by atoms with E-state index < -0.39 is 11.8 Å². The van der Waals surface area contributed by atoms with Gasteiger partial charge in [0.2, 0.25) is 5.75 Å². The quantitative estimate of drug-likeness (QED) is 0.581. The highest BCUT2D eigenvalue weighted by Crippen LogP contribution is 2.40. The Morgan fingerprint density at radius 3 is 2.56 bits per heavy atom. The summed E-state index contributed by atoms with van der Waals surface area (Å²) in [6, 6.07) is 9.71. The summed E-state index contributed by atoms with van der Waals surface area (Å²) in [5.74, 6) is -0.0822. The summed E-state index contributed by atoms with van der Waals surface area (Å²) < 4.78 is 17.6. The van der Waals surface area contributed by atoms with Gasteiger partial charge in [0.1, 0.15) is 13.2 Å². The molecule has 0 unspecified atom stereocenters. The van der Waals surface area contributed by atoms with Gasteiger partial charge in [0.25, 0.3) is 17.4 Å². The second-order valence-electron chi connectivity index (χ2n) is 7.03. The summed E-state index contributed by atoms with van der Waals surface area (Å²) in [5, 5.41) is 4.99. The third kappa shape index (κ3) is 3.94. The van der Waals surface area contributed by atoms with Crippen molar-refractivity contribution in [1.29, 1.82) is 0 Å². The Bertz CT molecular complexity index is 1240. The number of aromatic nitrogens is 2. The lowest BCUT2D eigenvalue weighted by atomic mass is 10.1. The normalized spacial score (nSPS) is 12.3. The number of rotatable bonds is 5. The van der Waals surface area contributed by atoms with E-state index in [4.69, 9.17) is 14.2 Å². The Kier molecular flexibility index (Phi) is 5.93. The van der Waals surface area contributed by atoms with Gasteiger partial charge in [0, 0.05) is 17.5 Å². The first kappa shape index (κ1) is 21.2. The zero-order valence-electron chi connectivity index (χ0n) is 17.6. The third-order valence-electron chi connectivity index (χ3n) is 4.90. The van der Waals surface area contributed by atoms with Crippen molar-refractivity contribution in [2.45, 2.75) is 19.9 Å². The van der Waals surface area contributed by atoms with Crippen LogP contribution in [0.4, 0.5) is 0 Å². The number of nitrogens with zero attached hydrogens (tertiary/aromatic N) is 2. The number of ether oxygens (including phenoxy) is 3. The first-order chi connectivity index (χ1) is 15.5. The molecule has 0 atom stereocenters. The molecule has 0 fully saturated rings. The van der Waals surface area contributed by atoms with Crippen molar-refractivity contribution in [3.63, 3.8) is 0 Å². The minimum Gasteiger partial charge on any atom is -0.493 e. The maximum atomic E-state index is 12.8. The van der Waals surface area contributed by atoms with E-state index in [1.165, 1.54) is 23.9 Å². The topological polar surface area (TPSA) is 121 Å². The highest BCUT2D eigenvalue weighted by atomic mass is 16.6. The molecule has 1 aliphatic rings. The van der Waals surface area contributed by atoms with Gasteiger partial charge < -0.3 is 14.2 Å². The van der Waals surface area contributed by atoms with Crippen molar-refractivity contribution in [3.8, 4) is 17.2 Å². The molecule has 2 heterocycles. The maximum Gasteiger partial charge on any atom is 0.290 e. The lowest BCUT2D eigenvalue weighted by molar-refractivity contribution is 0.0842. The van der Waals surface area contributed by atoms with Crippen molar-refractivity contribution in [2.24, 2.45) is 0 Å². The average molecular weight is 438 g/mol. The van der Waals surface area contributed by atoms with Gasteiger partial charge in [-0.3, -0.25) is 25.2 Å². The second-order valence-corrected chi connectivity index (χ2v) is 7.03. The largest absolute Gasteiger partial charge is 0.493 e. The van der Waals surface area contributed by atoms with Crippen LogP contribution < -0.4 is 30.6 Å². The molecule has 0 spiro atoms. The molecule has 2 N–H and O–H groups in total. The minimum atomic E-state index is -0.649. The fraction of sp³-hybridized carbons (Fsp3) is 0.273. The van der Waals surface area contributed by atoms with Crippen molar-refractivity contribution in [3.05, 3.63) is 58.0 Å². The number of hydrogen-bond donors (Lipinski definition) is 2. The molecule has 10 nitrogen and oxygen atoms in total. The fourth-order valence-electron chi connectivity index (χ4n) is 3.42. The number of benzene rings is 2. The predicted octanol–water partition coefficient (Wildman–Crippen LogP) is 1.66. The molecule has 1 aliphatic heterocycles. The van der Waals surface area contributed by atoms with Crippen LogP contribution in [0.3, 0.4) is 0 Å². The van der Waals surface area contributed by atoms with E-state index in [1.807, 2.05) is 6.92 Å². The van der Waals surface area contributed by atoms with Gasteiger partial charge in [-0.15, -0.1) is 0 Å². The van der Waals surface area contributed by atoms with Gasteiger partial charge in [0.05, 0.1) is 12.5 Å². The number of amides is 2. The van der Waals surface area contributed by atoms with Crippen LogP contribution in [-0.2, 0) is 6.54 Å². The monoisotopic (exact) mass is 438 g/mol. The molecule has 166 valence electrons. The molecule has 1 aromatic heterocycles. The van der Waals surface area contributed by atoms with Crippen LogP contribution in [0.5, 0.6) is 17.2 Å². The second kappa shape index (κ2) is 8.96. The van der Waals surface area contributed by atoms with E-state index in [0.29, 0.717) is 54.2 Å². The summed E-state index contributed by atoms with van der Waals surface area (Å²) >= 11 is 0. The van der Waals surface area contributed by atoms with Crippen LogP contribution in [0.15, 0.2) is 41.2 Å². The Labute approximate surface area is 183 Å². The van der Waals surface area contributed by atoms with Crippen LogP contribution in [0.25, 0.3) is 10.8 Å². The molecule has 0 saturated heterocycles. The molecular formula is C22H22N4O6. The molecule has 0 radical (unpaired) electrons. The molecule has 2 aromatic carbocycles. The van der Waals surface area contributed by atoms with E-state index >= 15 is 0 Å². The first-order valence-corrected chi connectivity index (χ1v) is 10.1. The van der Waals surface area contributed by atoms with Gasteiger partial charge in [-0.1, -0.05) is 25.1 Å². The number of methoxy groups -OCH3 is 1. The van der Waals surface area contributed by atoms with Crippen LogP contribution in [0, 0.1) is 0 Å². The lowest BCUT2D eigenvalue weighted by Gasteiger charge is -2.21. The van der Waals surface area contributed by atoms with E-state index in [2.05, 4.69) is 16.0 Å². The van der Waals surface area contributed by atoms with Gasteiger partial charge in [-0.2, -0.15) is 5.10 Å². The van der Waals surface area contributed by atoms with E-state index in [1.54, 1.807) is 24.3 Å². The summed E-state index contributed by atoms with van der Waals surface area (Å²) in [7, 11) is 1.46. The zero-order chi connectivity index (χ0) is 22.7. The summed E-state index contributed by atoms with van der Waals surface area (Å²) in [6.45, 7) is 3.01. The number of carbonyl (C=O) groups excluding carboxylic acids is 2. The van der Waals surface area contributed by atoms with E-state index in [9.17, 15) is 14.4 Å². The number of hydrazine groups is 1. The minimum absolute atomic E-state index is 0.0358. The zero-order valence-corrected chi connectivity index (χ0v) is 17.6. The molecule has 0 saturated carbocycles. The Morgan fingerprint density at radius 1 is 1.09 bits per heavy atom. The van der Waals surface area contributed by atoms with Gasteiger partial charge in [0.15, 0.2) is 17.2 Å². The van der Waals surface area contributed by atoms with Crippen LogP contribution in [0.1, 0.15) is 34.2 Å². The molecule has 2 amide bonds. The predicted molar refractivity (Wildman–Crippen MR) is 115 cm³/mol. The summed E-state index contributed by atoms with van der Waals surface area (Å²) in [6.07, 6.45) is 0.676. The van der Waals surface area contributed by atoms with Gasteiger partial charge in [-0.25, -0.2) is 4.68 Å². The molecule has 3 aromatic rings. The summed E-state index contributed by atoms with van der Waals surface area (Å²) in [4.78, 5) is 38.1. The van der Waals surface area contributed by atoms with E-state index in [-0.39, 0.29) is 16.8 Å². The smallest absolute Gasteiger partial charge is 0.290 e. The van der Waals surface area contributed by atoms with Gasteiger partial charge in [-0.05, 0) is 24.6 Å². The summed E-state index contributed by atoms with van der Waals surface area (Å²) in [5.41, 5.74) is 4.71. The lowest BCUT2D eigenvalue weighted by Crippen LogP contribution is -2.42. The number of nitrogens with one attached hydrogen (secondary N) is 2. The van der Waals surface area contributed by atoms with Crippen LogP contribution in [-0.4, -0.2) is 41.9 Å². The molecule has 32 heavy (non-hydrogen) atoms. The Morgan fingerprint density at radius 2 is 1.81 bits per heavy atom. The van der Waals surface area contributed by atoms with Crippen LogP contribution >= 0.6 is 0 Å². The standard InChI is InChI=1S/C22H22N4O6/c1-3-8-26-22(29)15-7-5-4-6-14(15)18(25-26)21(28)24-23-20(27)13-11-16(30-2)19-17(12-13)31-9-10-32-19/h4-7,11-12H,3,8-10H2,1-2H3,(H,23,27)(H,24,28).